The zero-order chi connectivity index (χ0) is 15.9. The van der Waals surface area contributed by atoms with Gasteiger partial charge in [-0.05, 0) is 43.2 Å². The van der Waals surface area contributed by atoms with Gasteiger partial charge in [-0.2, -0.15) is 0 Å². The molecule has 2 heterocycles. The first-order valence-corrected chi connectivity index (χ1v) is 7.01. The van der Waals surface area contributed by atoms with Crippen molar-refractivity contribution in [3.05, 3.63) is 46.8 Å². The number of aryl methyl sites for hydroxylation is 2. The van der Waals surface area contributed by atoms with Crippen molar-refractivity contribution >= 4 is 17.0 Å². The largest absolute Gasteiger partial charge is 0.506 e. The van der Waals surface area contributed by atoms with Crippen LogP contribution >= 0.6 is 0 Å². The molecule has 0 saturated carbocycles. The molecule has 0 fully saturated rings. The third kappa shape index (κ3) is 2.37. The van der Waals surface area contributed by atoms with Gasteiger partial charge in [0.15, 0.2) is 0 Å². The summed E-state index contributed by atoms with van der Waals surface area (Å²) in [5.41, 5.74) is 10.8. The maximum Gasteiger partial charge on any atom is 0.201 e. The van der Waals surface area contributed by atoms with Crippen LogP contribution in [0.5, 0.6) is 5.75 Å². The van der Waals surface area contributed by atoms with Crippen LogP contribution in [0.3, 0.4) is 0 Å². The fourth-order valence-electron chi connectivity index (χ4n) is 2.61. The number of benzene rings is 1. The minimum atomic E-state index is -0.0458. The Bertz CT molecular complexity index is 855. The molecule has 0 aliphatic heterocycles. The fraction of sp³-hybridized carbons (Fsp3) is 0.250. The molecule has 6 nitrogen and oxygen atoms in total. The van der Waals surface area contributed by atoms with Crippen molar-refractivity contribution in [2.75, 3.05) is 5.73 Å². The van der Waals surface area contributed by atoms with Gasteiger partial charge in [-0.25, -0.2) is 4.98 Å². The van der Waals surface area contributed by atoms with Gasteiger partial charge in [0.1, 0.15) is 11.4 Å². The van der Waals surface area contributed by atoms with Crippen LogP contribution in [-0.4, -0.2) is 24.7 Å². The van der Waals surface area contributed by atoms with Gasteiger partial charge in [-0.3, -0.25) is 4.98 Å². The van der Waals surface area contributed by atoms with Gasteiger partial charge in [-0.15, -0.1) is 0 Å². The standard InChI is InChI=1S/C16H18N4O2/c1-9-5-11(8-21)6-13-15(9)19-16(17)20(13)7-12-14(22)4-3-10(2)18-12/h3-6,21-22H,7-8H2,1-2H3,(H2,17,19). The zero-order valence-electron chi connectivity index (χ0n) is 12.5. The van der Waals surface area contributed by atoms with E-state index >= 15 is 0 Å². The highest BCUT2D eigenvalue weighted by Crippen LogP contribution is 2.26. The lowest BCUT2D eigenvalue weighted by Gasteiger charge is -2.09. The third-order valence-electron chi connectivity index (χ3n) is 3.71. The molecule has 0 saturated heterocycles. The number of hydrogen-bond acceptors (Lipinski definition) is 5. The van der Waals surface area contributed by atoms with Crippen LogP contribution in [0.4, 0.5) is 5.95 Å². The number of nitrogens with zero attached hydrogens (tertiary/aromatic N) is 3. The summed E-state index contributed by atoms with van der Waals surface area (Å²) >= 11 is 0. The van der Waals surface area contributed by atoms with E-state index < -0.39 is 0 Å². The van der Waals surface area contributed by atoms with Gasteiger partial charge in [0.25, 0.3) is 0 Å². The Morgan fingerprint density at radius 1 is 1.18 bits per heavy atom. The quantitative estimate of drug-likeness (QED) is 0.686. The van der Waals surface area contributed by atoms with Crippen molar-refractivity contribution in [2.24, 2.45) is 0 Å². The van der Waals surface area contributed by atoms with Gasteiger partial charge in [0.05, 0.1) is 24.2 Å². The molecule has 0 aliphatic rings. The van der Waals surface area contributed by atoms with Gasteiger partial charge >= 0.3 is 0 Å². The lowest BCUT2D eigenvalue weighted by Crippen LogP contribution is -2.07. The van der Waals surface area contributed by atoms with E-state index in [2.05, 4.69) is 9.97 Å². The maximum absolute atomic E-state index is 9.98. The third-order valence-corrected chi connectivity index (χ3v) is 3.71. The second-order valence-corrected chi connectivity index (χ2v) is 5.41. The molecule has 3 rings (SSSR count). The number of aromatic nitrogens is 3. The Hall–Kier alpha value is -2.60. The second-order valence-electron chi connectivity index (χ2n) is 5.41. The first-order valence-electron chi connectivity index (χ1n) is 7.01. The van der Waals surface area contributed by atoms with Crippen LogP contribution in [0.2, 0.25) is 0 Å². The SMILES string of the molecule is Cc1ccc(O)c(Cn2c(N)nc3c(C)cc(CO)cc32)n1. The van der Waals surface area contributed by atoms with E-state index in [1.54, 1.807) is 16.7 Å². The van der Waals surface area contributed by atoms with Crippen LogP contribution in [0.1, 0.15) is 22.5 Å². The zero-order valence-corrected chi connectivity index (χ0v) is 12.5. The van der Waals surface area contributed by atoms with E-state index in [0.717, 1.165) is 27.9 Å². The Morgan fingerprint density at radius 3 is 2.68 bits per heavy atom. The number of fused-ring (bicyclic) bond motifs is 1. The van der Waals surface area contributed by atoms with Gasteiger partial charge < -0.3 is 20.5 Å². The van der Waals surface area contributed by atoms with Crippen LogP contribution in [0, 0.1) is 13.8 Å². The number of aliphatic hydroxyl groups excluding tert-OH is 1. The molecule has 114 valence electrons. The molecule has 2 aromatic heterocycles. The predicted octanol–water partition coefficient (Wildman–Crippen LogP) is 1.88. The Morgan fingerprint density at radius 2 is 1.95 bits per heavy atom. The van der Waals surface area contributed by atoms with Crippen LogP contribution in [0.15, 0.2) is 24.3 Å². The Balaban J connectivity index is 2.16. The number of nitrogen functional groups attached to an aromatic ring is 1. The molecule has 0 radical (unpaired) electrons. The summed E-state index contributed by atoms with van der Waals surface area (Å²) in [5, 5.41) is 19.4. The van der Waals surface area contributed by atoms with Crippen LogP contribution < -0.4 is 5.73 Å². The first-order chi connectivity index (χ1) is 10.5. The predicted molar refractivity (Wildman–Crippen MR) is 84.5 cm³/mol. The molecule has 4 N–H and O–H groups in total. The molecule has 22 heavy (non-hydrogen) atoms. The van der Waals surface area contributed by atoms with Gasteiger partial charge in [-0.1, -0.05) is 6.07 Å². The van der Waals surface area contributed by atoms with Gasteiger partial charge in [0, 0.05) is 5.69 Å². The fourth-order valence-corrected chi connectivity index (χ4v) is 2.61. The molecule has 0 bridgehead atoms. The number of aromatic hydroxyl groups is 1. The maximum atomic E-state index is 9.98. The van der Waals surface area contributed by atoms with Crippen molar-refractivity contribution in [2.45, 2.75) is 27.0 Å². The van der Waals surface area contributed by atoms with Crippen molar-refractivity contribution in [3.8, 4) is 5.75 Å². The van der Waals surface area contributed by atoms with Crippen LogP contribution in [-0.2, 0) is 13.2 Å². The van der Waals surface area contributed by atoms with E-state index in [1.165, 1.54) is 0 Å². The summed E-state index contributed by atoms with van der Waals surface area (Å²) in [6.45, 7) is 4.08. The molecular formula is C16H18N4O2. The summed E-state index contributed by atoms with van der Waals surface area (Å²) in [6.07, 6.45) is 0. The normalized spacial score (nSPS) is 11.2. The number of aliphatic hydroxyl groups is 1. The number of anilines is 1. The molecule has 0 aliphatic carbocycles. The lowest BCUT2D eigenvalue weighted by molar-refractivity contribution is 0.282. The van der Waals surface area contributed by atoms with Crippen LogP contribution in [0.25, 0.3) is 11.0 Å². The Labute approximate surface area is 127 Å². The highest BCUT2D eigenvalue weighted by Gasteiger charge is 2.14. The van der Waals surface area contributed by atoms with E-state index in [1.807, 2.05) is 26.0 Å². The average Bonchev–Trinajstić information content (AvgIpc) is 2.80. The highest BCUT2D eigenvalue weighted by molar-refractivity contribution is 5.82. The van der Waals surface area contributed by atoms with E-state index in [4.69, 9.17) is 5.73 Å². The number of pyridine rings is 1. The number of hydrogen-bond donors (Lipinski definition) is 3. The van der Waals surface area contributed by atoms with E-state index in [9.17, 15) is 10.2 Å². The highest BCUT2D eigenvalue weighted by atomic mass is 16.3. The minimum absolute atomic E-state index is 0.0458. The summed E-state index contributed by atoms with van der Waals surface area (Å²) in [6, 6.07) is 7.12. The molecule has 0 amide bonds. The molecule has 3 aromatic rings. The molecule has 0 atom stereocenters. The van der Waals surface area contributed by atoms with E-state index in [0.29, 0.717) is 18.2 Å². The minimum Gasteiger partial charge on any atom is -0.506 e. The molecule has 1 aromatic carbocycles. The number of nitrogens with two attached hydrogens (primary N) is 1. The van der Waals surface area contributed by atoms with Crippen molar-refractivity contribution in [3.63, 3.8) is 0 Å². The monoisotopic (exact) mass is 298 g/mol. The molecule has 0 spiro atoms. The number of rotatable bonds is 3. The molecular weight excluding hydrogens is 280 g/mol. The van der Waals surface area contributed by atoms with Crippen molar-refractivity contribution in [1.82, 2.24) is 14.5 Å². The van der Waals surface area contributed by atoms with Crippen molar-refractivity contribution in [1.29, 1.82) is 0 Å². The van der Waals surface area contributed by atoms with E-state index in [-0.39, 0.29) is 12.4 Å². The first kappa shape index (κ1) is 14.3. The molecule has 6 heteroatoms. The Kier molecular flexibility index (Phi) is 3.46. The lowest BCUT2D eigenvalue weighted by atomic mass is 10.1. The summed E-state index contributed by atoms with van der Waals surface area (Å²) in [5.74, 6) is 0.484. The summed E-state index contributed by atoms with van der Waals surface area (Å²) in [4.78, 5) is 8.74. The smallest absolute Gasteiger partial charge is 0.201 e. The average molecular weight is 298 g/mol. The van der Waals surface area contributed by atoms with Gasteiger partial charge in [0.2, 0.25) is 5.95 Å². The number of imidazole rings is 1. The molecule has 0 unspecified atom stereocenters. The van der Waals surface area contributed by atoms with Crippen molar-refractivity contribution < 1.29 is 10.2 Å². The second kappa shape index (κ2) is 5.31. The summed E-state index contributed by atoms with van der Waals surface area (Å²) in [7, 11) is 0. The summed E-state index contributed by atoms with van der Waals surface area (Å²) < 4.78 is 1.79. The topological polar surface area (TPSA) is 97.2 Å².